The number of hydrogen-bond donors (Lipinski definition) is 2. The fraction of sp³-hybridized carbons (Fsp3) is 0. The smallest absolute Gasteiger partial charge is 0.338 e. The third-order valence-electron chi connectivity index (χ3n) is 1.87. The van der Waals surface area contributed by atoms with Crippen LogP contribution in [-0.4, -0.2) is 16.2 Å². The van der Waals surface area contributed by atoms with Gasteiger partial charge in [0, 0.05) is 0 Å². The molecular formula is C9H5ClO3S. The quantitative estimate of drug-likeness (QED) is 0.789. The van der Waals surface area contributed by atoms with Crippen molar-refractivity contribution >= 4 is 39.0 Å². The summed E-state index contributed by atoms with van der Waals surface area (Å²) in [6.07, 6.45) is 0. The molecule has 2 N–H and O–H groups in total. The number of phenolic OH excluding ortho intramolecular Hbond substituents is 1. The van der Waals surface area contributed by atoms with Crippen molar-refractivity contribution in [3.05, 3.63) is 28.1 Å². The monoisotopic (exact) mass is 228 g/mol. The van der Waals surface area contributed by atoms with Crippen LogP contribution in [0.4, 0.5) is 0 Å². The van der Waals surface area contributed by atoms with E-state index in [4.69, 9.17) is 16.7 Å². The van der Waals surface area contributed by atoms with Crippen molar-refractivity contribution in [3.8, 4) is 5.75 Å². The Balaban J connectivity index is 2.93. The van der Waals surface area contributed by atoms with Crippen molar-refractivity contribution in [2.45, 2.75) is 0 Å². The summed E-state index contributed by atoms with van der Waals surface area (Å²) in [6.45, 7) is 0. The van der Waals surface area contributed by atoms with E-state index < -0.39 is 5.97 Å². The van der Waals surface area contributed by atoms with Crippen LogP contribution in [0, 0.1) is 0 Å². The van der Waals surface area contributed by atoms with Crippen LogP contribution in [-0.2, 0) is 0 Å². The second-order valence-corrected chi connectivity index (χ2v) is 4.02. The second kappa shape index (κ2) is 3.15. The number of carbonyl (C=O) groups is 1. The van der Waals surface area contributed by atoms with Gasteiger partial charge in [0.15, 0.2) is 0 Å². The number of phenols is 1. The van der Waals surface area contributed by atoms with Crippen molar-refractivity contribution in [1.29, 1.82) is 0 Å². The third kappa shape index (κ3) is 1.23. The van der Waals surface area contributed by atoms with E-state index in [0.29, 0.717) is 10.1 Å². The van der Waals surface area contributed by atoms with Crippen LogP contribution >= 0.6 is 22.9 Å². The molecule has 14 heavy (non-hydrogen) atoms. The van der Waals surface area contributed by atoms with Crippen LogP contribution in [0.15, 0.2) is 17.5 Å². The standard InChI is InChI=1S/C9H5ClO3S/c10-7-5(11)3-4-1-2-14-8(4)6(7)9(12)13/h1-3,11H,(H,12,13). The van der Waals surface area contributed by atoms with Gasteiger partial charge in [-0.2, -0.15) is 0 Å². The molecule has 0 saturated carbocycles. The number of benzene rings is 1. The molecule has 72 valence electrons. The lowest BCUT2D eigenvalue weighted by Gasteiger charge is -2.02. The summed E-state index contributed by atoms with van der Waals surface area (Å²) in [5.74, 6) is -1.33. The molecule has 0 fully saturated rings. The molecule has 0 aliphatic heterocycles. The predicted octanol–water partition coefficient (Wildman–Crippen LogP) is 2.96. The number of aromatic carboxylic acids is 1. The first-order valence-corrected chi connectivity index (χ1v) is 4.99. The fourth-order valence-electron chi connectivity index (χ4n) is 1.27. The van der Waals surface area contributed by atoms with Crippen molar-refractivity contribution < 1.29 is 15.0 Å². The molecular weight excluding hydrogens is 224 g/mol. The van der Waals surface area contributed by atoms with Gasteiger partial charge in [-0.3, -0.25) is 0 Å². The number of rotatable bonds is 1. The normalized spacial score (nSPS) is 10.6. The average Bonchev–Trinajstić information content (AvgIpc) is 2.52. The Bertz CT molecular complexity index is 518. The van der Waals surface area contributed by atoms with Gasteiger partial charge in [0.05, 0.1) is 15.3 Å². The van der Waals surface area contributed by atoms with Crippen molar-refractivity contribution in [2.24, 2.45) is 0 Å². The Labute approximate surface area is 88.2 Å². The molecule has 0 atom stereocenters. The molecule has 0 saturated heterocycles. The average molecular weight is 229 g/mol. The molecule has 0 radical (unpaired) electrons. The zero-order chi connectivity index (χ0) is 10.3. The van der Waals surface area contributed by atoms with Crippen LogP contribution < -0.4 is 0 Å². The van der Waals surface area contributed by atoms with Crippen molar-refractivity contribution in [1.82, 2.24) is 0 Å². The molecule has 3 nitrogen and oxygen atoms in total. The van der Waals surface area contributed by atoms with Crippen molar-refractivity contribution in [2.75, 3.05) is 0 Å². The van der Waals surface area contributed by atoms with Crippen LogP contribution in [0.1, 0.15) is 10.4 Å². The molecule has 0 aliphatic carbocycles. The van der Waals surface area contributed by atoms with E-state index in [2.05, 4.69) is 0 Å². The summed E-state index contributed by atoms with van der Waals surface area (Å²) in [4.78, 5) is 10.9. The van der Waals surface area contributed by atoms with Gasteiger partial charge in [0.2, 0.25) is 0 Å². The molecule has 2 rings (SSSR count). The SMILES string of the molecule is O=C(O)c1c(Cl)c(O)cc2ccsc12. The lowest BCUT2D eigenvalue weighted by molar-refractivity contribution is 0.0699. The maximum absolute atomic E-state index is 10.9. The lowest BCUT2D eigenvalue weighted by atomic mass is 10.1. The summed E-state index contributed by atoms with van der Waals surface area (Å²) < 4.78 is 0.584. The van der Waals surface area contributed by atoms with Crippen molar-refractivity contribution in [3.63, 3.8) is 0 Å². The van der Waals surface area contributed by atoms with E-state index in [1.54, 1.807) is 11.4 Å². The molecule has 1 heterocycles. The van der Waals surface area contributed by atoms with Gasteiger partial charge in [-0.1, -0.05) is 11.6 Å². The number of thiophene rings is 1. The molecule has 0 bridgehead atoms. The van der Waals surface area contributed by atoms with Crippen LogP contribution in [0.25, 0.3) is 10.1 Å². The Morgan fingerprint density at radius 2 is 2.21 bits per heavy atom. The fourth-order valence-corrected chi connectivity index (χ4v) is 2.47. The van der Waals surface area contributed by atoms with Gasteiger partial charge < -0.3 is 10.2 Å². The first-order chi connectivity index (χ1) is 6.61. The molecule has 0 amide bonds. The van der Waals surface area contributed by atoms with Gasteiger partial charge in [0.1, 0.15) is 5.75 Å². The Kier molecular flexibility index (Phi) is 2.09. The summed E-state index contributed by atoms with van der Waals surface area (Å²) in [7, 11) is 0. The summed E-state index contributed by atoms with van der Waals surface area (Å²) in [5, 5.41) is 20.6. The van der Waals surface area contributed by atoms with Gasteiger partial charge in [-0.05, 0) is 22.9 Å². The van der Waals surface area contributed by atoms with E-state index in [9.17, 15) is 9.90 Å². The summed E-state index contributed by atoms with van der Waals surface area (Å²) >= 11 is 6.99. The molecule has 5 heteroatoms. The minimum absolute atomic E-state index is 0.0309. The highest BCUT2D eigenvalue weighted by Crippen LogP contribution is 2.36. The van der Waals surface area contributed by atoms with E-state index in [-0.39, 0.29) is 16.3 Å². The maximum Gasteiger partial charge on any atom is 0.338 e. The van der Waals surface area contributed by atoms with E-state index in [0.717, 1.165) is 0 Å². The predicted molar refractivity (Wildman–Crippen MR) is 55.5 cm³/mol. The topological polar surface area (TPSA) is 57.5 Å². The molecule has 2 aromatic rings. The van der Waals surface area contributed by atoms with E-state index in [1.807, 2.05) is 0 Å². The highest BCUT2D eigenvalue weighted by molar-refractivity contribution is 7.17. The van der Waals surface area contributed by atoms with Gasteiger partial charge in [-0.15, -0.1) is 11.3 Å². The van der Waals surface area contributed by atoms with Gasteiger partial charge >= 0.3 is 5.97 Å². The minimum Gasteiger partial charge on any atom is -0.506 e. The highest BCUT2D eigenvalue weighted by Gasteiger charge is 2.17. The van der Waals surface area contributed by atoms with Gasteiger partial charge in [-0.25, -0.2) is 4.79 Å². The Hall–Kier alpha value is -1.26. The molecule has 0 unspecified atom stereocenters. The van der Waals surface area contributed by atoms with Gasteiger partial charge in [0.25, 0.3) is 0 Å². The number of halogens is 1. The van der Waals surface area contributed by atoms with E-state index in [1.165, 1.54) is 17.4 Å². The zero-order valence-corrected chi connectivity index (χ0v) is 8.39. The number of aromatic hydroxyl groups is 1. The first kappa shape index (κ1) is 9.30. The molecule has 0 aliphatic rings. The van der Waals surface area contributed by atoms with Crippen LogP contribution in [0.3, 0.4) is 0 Å². The van der Waals surface area contributed by atoms with Crippen LogP contribution in [0.5, 0.6) is 5.75 Å². The number of fused-ring (bicyclic) bond motifs is 1. The number of hydrogen-bond acceptors (Lipinski definition) is 3. The maximum atomic E-state index is 10.9. The Morgan fingerprint density at radius 1 is 1.50 bits per heavy atom. The Morgan fingerprint density at radius 3 is 2.86 bits per heavy atom. The summed E-state index contributed by atoms with van der Waals surface area (Å²) in [6, 6.07) is 3.20. The van der Waals surface area contributed by atoms with Crippen LogP contribution in [0.2, 0.25) is 5.02 Å². The molecule has 1 aromatic heterocycles. The minimum atomic E-state index is -1.13. The zero-order valence-electron chi connectivity index (χ0n) is 6.82. The third-order valence-corrected chi connectivity index (χ3v) is 3.20. The van der Waals surface area contributed by atoms with E-state index >= 15 is 0 Å². The molecule has 0 spiro atoms. The second-order valence-electron chi connectivity index (χ2n) is 2.73. The molecule has 1 aromatic carbocycles. The largest absolute Gasteiger partial charge is 0.506 e. The highest BCUT2D eigenvalue weighted by atomic mass is 35.5. The summed E-state index contributed by atoms with van der Waals surface area (Å²) in [5.41, 5.74) is -0.0309. The number of carboxylic acid groups (broad SMARTS) is 1. The lowest BCUT2D eigenvalue weighted by Crippen LogP contribution is -1.97. The first-order valence-electron chi connectivity index (χ1n) is 3.73. The number of carboxylic acids is 1.